The monoisotopic (exact) mass is 329 g/mol. The molecule has 24 heavy (non-hydrogen) atoms. The Kier molecular flexibility index (Phi) is 6.53. The van der Waals surface area contributed by atoms with Gasteiger partial charge in [-0.1, -0.05) is 19.4 Å². The second-order valence-corrected chi connectivity index (χ2v) is 6.77. The number of allylic oxidation sites excluding steroid dienone is 1. The van der Waals surface area contributed by atoms with Crippen LogP contribution in [0.3, 0.4) is 0 Å². The molecule has 1 N–H and O–H groups in total. The summed E-state index contributed by atoms with van der Waals surface area (Å²) < 4.78 is 0. The molecule has 2 heterocycles. The van der Waals surface area contributed by atoms with Gasteiger partial charge in [0, 0.05) is 38.1 Å². The van der Waals surface area contributed by atoms with Crippen LogP contribution in [-0.4, -0.2) is 41.3 Å². The minimum Gasteiger partial charge on any atom is -0.352 e. The van der Waals surface area contributed by atoms with E-state index in [4.69, 9.17) is 0 Å². The number of nitrogens with zero attached hydrogens (tertiary/aromatic N) is 2. The molecule has 1 aromatic heterocycles. The predicted octanol–water partition coefficient (Wildman–Crippen LogP) is 2.65. The highest BCUT2D eigenvalue weighted by atomic mass is 16.2. The van der Waals surface area contributed by atoms with E-state index in [0.717, 1.165) is 31.5 Å². The van der Waals surface area contributed by atoms with E-state index in [1.807, 2.05) is 11.8 Å². The van der Waals surface area contributed by atoms with Crippen molar-refractivity contribution in [3.8, 4) is 0 Å². The summed E-state index contributed by atoms with van der Waals surface area (Å²) >= 11 is 0. The lowest BCUT2D eigenvalue weighted by Crippen LogP contribution is -2.41. The van der Waals surface area contributed by atoms with Gasteiger partial charge in [-0.15, -0.1) is 0 Å². The number of hydrogen-bond acceptors (Lipinski definition) is 3. The van der Waals surface area contributed by atoms with E-state index < -0.39 is 0 Å². The number of likely N-dealkylation sites (tertiary alicyclic amines) is 1. The molecule has 1 aliphatic rings. The van der Waals surface area contributed by atoms with Gasteiger partial charge in [0.2, 0.25) is 5.91 Å². The molecule has 0 spiro atoms. The number of carbonyl (C=O) groups excluding carboxylic acids is 2. The number of nitrogens with one attached hydrogen (secondary N) is 1. The fourth-order valence-corrected chi connectivity index (χ4v) is 2.68. The van der Waals surface area contributed by atoms with Crippen molar-refractivity contribution in [2.24, 2.45) is 11.8 Å². The molecule has 1 saturated heterocycles. The molecule has 130 valence electrons. The maximum Gasteiger partial charge on any atom is 0.255 e. The fourth-order valence-electron chi connectivity index (χ4n) is 2.68. The summed E-state index contributed by atoms with van der Waals surface area (Å²) in [7, 11) is 0. The van der Waals surface area contributed by atoms with Crippen LogP contribution in [0.25, 0.3) is 0 Å². The van der Waals surface area contributed by atoms with Crippen LogP contribution >= 0.6 is 0 Å². The van der Waals surface area contributed by atoms with Crippen molar-refractivity contribution in [3.63, 3.8) is 0 Å². The maximum absolute atomic E-state index is 12.4. The van der Waals surface area contributed by atoms with Crippen molar-refractivity contribution in [3.05, 3.63) is 41.7 Å². The SMILES string of the molecule is C/C(=C\C(=O)NCC1CCN(C(=O)c2cccnc2)CC1)C(C)C. The van der Waals surface area contributed by atoms with Gasteiger partial charge in [0.1, 0.15) is 0 Å². The second kappa shape index (κ2) is 8.62. The lowest BCUT2D eigenvalue weighted by atomic mass is 9.96. The van der Waals surface area contributed by atoms with Gasteiger partial charge in [-0.3, -0.25) is 14.6 Å². The van der Waals surface area contributed by atoms with Gasteiger partial charge < -0.3 is 10.2 Å². The average molecular weight is 329 g/mol. The van der Waals surface area contributed by atoms with Gasteiger partial charge in [-0.05, 0) is 43.7 Å². The zero-order valence-electron chi connectivity index (χ0n) is 14.8. The van der Waals surface area contributed by atoms with Crippen molar-refractivity contribution in [1.82, 2.24) is 15.2 Å². The molecule has 0 unspecified atom stereocenters. The molecular weight excluding hydrogens is 302 g/mol. The van der Waals surface area contributed by atoms with E-state index in [0.29, 0.717) is 23.9 Å². The molecule has 2 rings (SSSR count). The standard InChI is InChI=1S/C19H27N3O2/c1-14(2)15(3)11-18(23)21-12-16-6-9-22(10-7-16)19(24)17-5-4-8-20-13-17/h4-5,8,11,13-14,16H,6-7,9-10,12H2,1-3H3,(H,21,23)/b15-11+. The Morgan fingerprint density at radius 2 is 2.08 bits per heavy atom. The van der Waals surface area contributed by atoms with Crippen molar-refractivity contribution in [2.45, 2.75) is 33.6 Å². The Morgan fingerprint density at radius 1 is 1.38 bits per heavy atom. The summed E-state index contributed by atoms with van der Waals surface area (Å²) in [6.45, 7) is 8.27. The first-order chi connectivity index (χ1) is 11.5. The van der Waals surface area contributed by atoms with Crippen LogP contribution in [0.1, 0.15) is 44.0 Å². The van der Waals surface area contributed by atoms with Crippen LogP contribution in [0.4, 0.5) is 0 Å². The van der Waals surface area contributed by atoms with Crippen LogP contribution in [0.2, 0.25) is 0 Å². The van der Waals surface area contributed by atoms with E-state index in [9.17, 15) is 9.59 Å². The number of piperidine rings is 1. The van der Waals surface area contributed by atoms with Crippen LogP contribution in [-0.2, 0) is 4.79 Å². The molecule has 0 atom stereocenters. The maximum atomic E-state index is 12.4. The Labute approximate surface area is 144 Å². The number of rotatable bonds is 5. The first-order valence-corrected chi connectivity index (χ1v) is 8.62. The zero-order valence-corrected chi connectivity index (χ0v) is 14.8. The minimum atomic E-state index is -0.0185. The van der Waals surface area contributed by atoms with Crippen LogP contribution in [0, 0.1) is 11.8 Å². The van der Waals surface area contributed by atoms with Crippen molar-refractivity contribution < 1.29 is 9.59 Å². The molecule has 1 aliphatic heterocycles. The van der Waals surface area contributed by atoms with Gasteiger partial charge in [-0.2, -0.15) is 0 Å². The molecule has 0 saturated carbocycles. The second-order valence-electron chi connectivity index (χ2n) is 6.77. The van der Waals surface area contributed by atoms with Crippen LogP contribution in [0.5, 0.6) is 0 Å². The summed E-state index contributed by atoms with van der Waals surface area (Å²) in [5.41, 5.74) is 1.72. The average Bonchev–Trinajstić information content (AvgIpc) is 2.60. The predicted molar refractivity (Wildman–Crippen MR) is 94.5 cm³/mol. The Balaban J connectivity index is 1.76. The molecule has 0 radical (unpaired) electrons. The fraction of sp³-hybridized carbons (Fsp3) is 0.526. The lowest BCUT2D eigenvalue weighted by Gasteiger charge is -2.32. The normalized spacial score (nSPS) is 16.3. The number of aromatic nitrogens is 1. The molecule has 0 aromatic carbocycles. The Bertz CT molecular complexity index is 588. The number of amides is 2. The third kappa shape index (κ3) is 5.18. The Hall–Kier alpha value is -2.17. The summed E-state index contributed by atoms with van der Waals surface area (Å²) in [6.07, 6.45) is 6.79. The topological polar surface area (TPSA) is 62.3 Å². The van der Waals surface area contributed by atoms with E-state index >= 15 is 0 Å². The summed E-state index contributed by atoms with van der Waals surface area (Å²) in [5.74, 6) is 0.841. The highest BCUT2D eigenvalue weighted by Gasteiger charge is 2.23. The zero-order chi connectivity index (χ0) is 17.5. The minimum absolute atomic E-state index is 0.0185. The van der Waals surface area contributed by atoms with Gasteiger partial charge in [-0.25, -0.2) is 0 Å². The highest BCUT2D eigenvalue weighted by molar-refractivity contribution is 5.93. The van der Waals surface area contributed by atoms with Crippen molar-refractivity contribution in [2.75, 3.05) is 19.6 Å². The molecule has 0 bridgehead atoms. The smallest absolute Gasteiger partial charge is 0.255 e. The number of carbonyl (C=O) groups is 2. The summed E-state index contributed by atoms with van der Waals surface area (Å²) in [6, 6.07) is 3.58. The molecule has 1 aromatic rings. The summed E-state index contributed by atoms with van der Waals surface area (Å²) in [5, 5.41) is 2.99. The van der Waals surface area contributed by atoms with Gasteiger partial charge in [0.15, 0.2) is 0 Å². The Morgan fingerprint density at radius 3 is 2.67 bits per heavy atom. The largest absolute Gasteiger partial charge is 0.352 e. The molecule has 5 heteroatoms. The molecule has 1 fully saturated rings. The van der Waals surface area contributed by atoms with E-state index in [1.165, 1.54) is 0 Å². The van der Waals surface area contributed by atoms with E-state index in [1.54, 1.807) is 30.6 Å². The molecule has 5 nitrogen and oxygen atoms in total. The van der Waals surface area contributed by atoms with Gasteiger partial charge in [0.25, 0.3) is 5.91 Å². The molecular formula is C19H27N3O2. The quantitative estimate of drug-likeness (QED) is 0.845. The van der Waals surface area contributed by atoms with E-state index in [2.05, 4.69) is 24.1 Å². The van der Waals surface area contributed by atoms with Gasteiger partial charge >= 0.3 is 0 Å². The summed E-state index contributed by atoms with van der Waals surface area (Å²) in [4.78, 5) is 30.1. The van der Waals surface area contributed by atoms with Crippen molar-refractivity contribution in [1.29, 1.82) is 0 Å². The number of hydrogen-bond donors (Lipinski definition) is 1. The van der Waals surface area contributed by atoms with Crippen molar-refractivity contribution >= 4 is 11.8 Å². The van der Waals surface area contributed by atoms with E-state index in [-0.39, 0.29) is 11.8 Å². The third-order valence-electron chi connectivity index (χ3n) is 4.64. The third-order valence-corrected chi connectivity index (χ3v) is 4.64. The number of pyridine rings is 1. The molecule has 0 aliphatic carbocycles. The highest BCUT2D eigenvalue weighted by Crippen LogP contribution is 2.18. The molecule has 2 amide bonds. The van der Waals surface area contributed by atoms with Crippen LogP contribution < -0.4 is 5.32 Å². The van der Waals surface area contributed by atoms with Gasteiger partial charge in [0.05, 0.1) is 5.56 Å². The first kappa shape index (κ1) is 18.2. The van der Waals surface area contributed by atoms with Crippen LogP contribution in [0.15, 0.2) is 36.2 Å². The lowest BCUT2D eigenvalue weighted by molar-refractivity contribution is -0.116. The first-order valence-electron chi connectivity index (χ1n) is 8.62.